The predicted octanol–water partition coefficient (Wildman–Crippen LogP) is 1.81. The molecule has 7 heteroatoms. The van der Waals surface area contributed by atoms with Crippen LogP contribution in [0.5, 0.6) is 0 Å². The van der Waals surface area contributed by atoms with Crippen molar-refractivity contribution in [2.45, 2.75) is 19.3 Å². The molecule has 7 nitrogen and oxygen atoms in total. The van der Waals surface area contributed by atoms with Crippen molar-refractivity contribution < 1.29 is 0 Å². The van der Waals surface area contributed by atoms with Crippen molar-refractivity contribution in [3.63, 3.8) is 0 Å². The van der Waals surface area contributed by atoms with E-state index >= 15 is 0 Å². The summed E-state index contributed by atoms with van der Waals surface area (Å²) >= 11 is 0. The highest BCUT2D eigenvalue weighted by Gasteiger charge is 2.21. The Kier molecular flexibility index (Phi) is 4.40. The lowest BCUT2D eigenvalue weighted by atomic mass is 10.3. The van der Waals surface area contributed by atoms with Crippen LogP contribution >= 0.6 is 0 Å². The molecule has 0 amide bonds. The van der Waals surface area contributed by atoms with E-state index in [4.69, 9.17) is 0 Å². The van der Waals surface area contributed by atoms with E-state index in [9.17, 15) is 0 Å². The van der Waals surface area contributed by atoms with Crippen LogP contribution in [0.15, 0.2) is 30.9 Å². The Labute approximate surface area is 142 Å². The van der Waals surface area contributed by atoms with E-state index in [1.807, 2.05) is 6.07 Å². The molecule has 1 N–H and O–H groups in total. The second-order valence-electron chi connectivity index (χ2n) is 6.46. The molecule has 1 aliphatic heterocycles. The van der Waals surface area contributed by atoms with Crippen LogP contribution < -0.4 is 15.1 Å². The van der Waals surface area contributed by atoms with Crippen LogP contribution in [0.25, 0.3) is 0 Å². The molecule has 2 aromatic heterocycles. The molecule has 2 aliphatic rings. The topological polar surface area (TPSA) is 70.1 Å². The normalized spacial score (nSPS) is 18.3. The van der Waals surface area contributed by atoms with Gasteiger partial charge in [-0.15, -0.1) is 0 Å². The van der Waals surface area contributed by atoms with Crippen molar-refractivity contribution >= 4 is 17.6 Å². The maximum Gasteiger partial charge on any atom is 0.225 e. The minimum Gasteiger partial charge on any atom is -0.370 e. The van der Waals surface area contributed by atoms with Crippen LogP contribution in [0.2, 0.25) is 0 Å². The number of hydrogen-bond acceptors (Lipinski definition) is 7. The molecule has 24 heavy (non-hydrogen) atoms. The predicted molar refractivity (Wildman–Crippen MR) is 94.3 cm³/mol. The average Bonchev–Trinajstić information content (AvgIpc) is 3.47. The maximum atomic E-state index is 4.47. The van der Waals surface area contributed by atoms with E-state index < -0.39 is 0 Å². The summed E-state index contributed by atoms with van der Waals surface area (Å²) in [6, 6.07) is 3.92. The molecule has 0 atom stereocenters. The van der Waals surface area contributed by atoms with Crippen LogP contribution in [0.1, 0.15) is 19.3 Å². The first-order chi connectivity index (χ1) is 11.9. The Morgan fingerprint density at radius 1 is 0.958 bits per heavy atom. The number of nitrogens with one attached hydrogen (secondary N) is 1. The van der Waals surface area contributed by atoms with Gasteiger partial charge < -0.3 is 15.1 Å². The SMILES string of the molecule is c1cnc(N2CCCN(c3cc(NCC4CC4)ncn3)CC2)nc1. The van der Waals surface area contributed by atoms with Gasteiger partial charge >= 0.3 is 0 Å². The lowest BCUT2D eigenvalue weighted by Crippen LogP contribution is -2.32. The van der Waals surface area contributed by atoms with Crippen molar-refractivity contribution in [3.05, 3.63) is 30.9 Å². The molecule has 1 saturated carbocycles. The van der Waals surface area contributed by atoms with Gasteiger partial charge in [0.2, 0.25) is 5.95 Å². The van der Waals surface area contributed by atoms with Gasteiger partial charge in [0.15, 0.2) is 0 Å². The molecule has 2 aromatic rings. The van der Waals surface area contributed by atoms with Gasteiger partial charge in [-0.3, -0.25) is 0 Å². The maximum absolute atomic E-state index is 4.47. The van der Waals surface area contributed by atoms with Gasteiger partial charge in [-0.2, -0.15) is 0 Å². The first-order valence-electron chi connectivity index (χ1n) is 8.71. The zero-order valence-electron chi connectivity index (χ0n) is 13.8. The highest BCUT2D eigenvalue weighted by atomic mass is 15.3. The largest absolute Gasteiger partial charge is 0.370 e. The summed E-state index contributed by atoms with van der Waals surface area (Å²) in [6.45, 7) is 4.80. The minimum absolute atomic E-state index is 0.814. The molecular formula is C17H23N7. The monoisotopic (exact) mass is 325 g/mol. The summed E-state index contributed by atoms with van der Waals surface area (Å²) in [5, 5.41) is 3.43. The van der Waals surface area contributed by atoms with Gasteiger partial charge in [0.25, 0.3) is 0 Å². The molecule has 0 spiro atoms. The van der Waals surface area contributed by atoms with E-state index in [-0.39, 0.29) is 0 Å². The van der Waals surface area contributed by atoms with Gasteiger partial charge in [0.05, 0.1) is 0 Å². The van der Waals surface area contributed by atoms with Gasteiger partial charge in [-0.05, 0) is 31.2 Å². The van der Waals surface area contributed by atoms with Gasteiger partial charge in [0.1, 0.15) is 18.0 Å². The number of hydrogen-bond donors (Lipinski definition) is 1. The average molecular weight is 325 g/mol. The molecule has 0 aromatic carbocycles. The van der Waals surface area contributed by atoms with Crippen molar-refractivity contribution in [1.29, 1.82) is 0 Å². The third kappa shape index (κ3) is 3.72. The highest BCUT2D eigenvalue weighted by Crippen LogP contribution is 2.29. The standard InChI is InChI=1S/C17H23N7/c1-5-18-17(19-6-1)24-8-2-7-23(9-10-24)16-11-15(21-13-22-16)20-12-14-3-4-14/h1,5-6,11,13-14H,2-4,7-10,12H2,(H,20,21,22). The summed E-state index contributed by atoms with van der Waals surface area (Å²) in [5.74, 6) is 3.58. The lowest BCUT2D eigenvalue weighted by molar-refractivity contribution is 0.781. The fraction of sp³-hybridized carbons (Fsp3) is 0.529. The molecule has 1 aliphatic carbocycles. The van der Waals surface area contributed by atoms with Crippen molar-refractivity contribution in [2.75, 3.05) is 47.8 Å². The van der Waals surface area contributed by atoms with E-state index in [1.54, 1.807) is 18.7 Å². The van der Waals surface area contributed by atoms with Gasteiger partial charge in [-0.1, -0.05) is 0 Å². The summed E-state index contributed by atoms with van der Waals surface area (Å²) < 4.78 is 0. The first-order valence-corrected chi connectivity index (χ1v) is 8.71. The van der Waals surface area contributed by atoms with E-state index in [0.29, 0.717) is 0 Å². The van der Waals surface area contributed by atoms with E-state index in [2.05, 4.69) is 41.1 Å². The van der Waals surface area contributed by atoms with Crippen molar-refractivity contribution in [2.24, 2.45) is 5.92 Å². The molecule has 0 unspecified atom stereocenters. The van der Waals surface area contributed by atoms with Crippen LogP contribution in [0, 0.1) is 5.92 Å². The summed E-state index contributed by atoms with van der Waals surface area (Å²) in [4.78, 5) is 22.1. The molecular weight excluding hydrogens is 302 g/mol. The highest BCUT2D eigenvalue weighted by molar-refractivity contribution is 5.49. The third-order valence-corrected chi connectivity index (χ3v) is 4.58. The Morgan fingerprint density at radius 3 is 2.58 bits per heavy atom. The Hall–Kier alpha value is -2.44. The zero-order chi connectivity index (χ0) is 16.2. The summed E-state index contributed by atoms with van der Waals surface area (Å²) in [6.07, 6.45) is 9.00. The quantitative estimate of drug-likeness (QED) is 0.899. The Bertz CT molecular complexity index is 659. The van der Waals surface area contributed by atoms with Crippen LogP contribution in [0.3, 0.4) is 0 Å². The fourth-order valence-corrected chi connectivity index (χ4v) is 2.99. The number of rotatable bonds is 5. The van der Waals surface area contributed by atoms with Gasteiger partial charge in [0, 0.05) is 51.2 Å². The Balaban J connectivity index is 1.40. The smallest absolute Gasteiger partial charge is 0.225 e. The number of anilines is 3. The molecule has 1 saturated heterocycles. The fourth-order valence-electron chi connectivity index (χ4n) is 2.99. The molecule has 0 bridgehead atoms. The second-order valence-corrected chi connectivity index (χ2v) is 6.46. The van der Waals surface area contributed by atoms with Crippen molar-refractivity contribution in [1.82, 2.24) is 19.9 Å². The molecule has 4 rings (SSSR count). The van der Waals surface area contributed by atoms with Crippen LogP contribution in [-0.4, -0.2) is 52.7 Å². The minimum atomic E-state index is 0.814. The van der Waals surface area contributed by atoms with Crippen LogP contribution in [0.4, 0.5) is 17.6 Å². The molecule has 126 valence electrons. The molecule has 0 radical (unpaired) electrons. The van der Waals surface area contributed by atoms with E-state index in [0.717, 1.165) is 62.6 Å². The zero-order valence-corrected chi connectivity index (χ0v) is 13.8. The molecule has 3 heterocycles. The first kappa shape index (κ1) is 15.1. The number of nitrogens with zero attached hydrogens (tertiary/aromatic N) is 6. The van der Waals surface area contributed by atoms with E-state index in [1.165, 1.54) is 12.8 Å². The van der Waals surface area contributed by atoms with Gasteiger partial charge in [-0.25, -0.2) is 19.9 Å². The molecule has 2 fully saturated rings. The third-order valence-electron chi connectivity index (χ3n) is 4.58. The lowest BCUT2D eigenvalue weighted by Gasteiger charge is -2.23. The summed E-state index contributed by atoms with van der Waals surface area (Å²) in [7, 11) is 0. The second kappa shape index (κ2) is 6.98. The number of aromatic nitrogens is 4. The Morgan fingerprint density at radius 2 is 1.75 bits per heavy atom. The van der Waals surface area contributed by atoms with Crippen molar-refractivity contribution in [3.8, 4) is 0 Å². The summed E-state index contributed by atoms with van der Waals surface area (Å²) in [5.41, 5.74) is 0. The van der Waals surface area contributed by atoms with Crippen LogP contribution in [-0.2, 0) is 0 Å².